The van der Waals surface area contributed by atoms with Crippen LogP contribution in [0.2, 0.25) is 0 Å². The standard InChI is InChI=1S/C15H16FN3/c1-18-15(8-4-9-15)19-13-7-6-12(14(16)11-13)5-2-3-10-17/h6-7,11,19H,2-5,8-9H2. The summed E-state index contributed by atoms with van der Waals surface area (Å²) in [5, 5.41) is 11.6. The fraction of sp³-hybridized carbons (Fsp3) is 0.467. The molecule has 0 aromatic heterocycles. The van der Waals surface area contributed by atoms with E-state index in [9.17, 15) is 4.39 Å². The van der Waals surface area contributed by atoms with Crippen molar-refractivity contribution in [1.82, 2.24) is 0 Å². The number of nitrogens with zero attached hydrogens (tertiary/aromatic N) is 2. The van der Waals surface area contributed by atoms with Gasteiger partial charge >= 0.3 is 5.66 Å². The lowest BCUT2D eigenvalue weighted by atomic mass is 9.85. The van der Waals surface area contributed by atoms with Crippen molar-refractivity contribution in [1.29, 1.82) is 5.26 Å². The van der Waals surface area contributed by atoms with Gasteiger partial charge < -0.3 is 5.32 Å². The molecule has 4 heteroatoms. The Morgan fingerprint density at radius 3 is 2.79 bits per heavy atom. The minimum absolute atomic E-state index is 0.262. The number of halogens is 1. The van der Waals surface area contributed by atoms with Crippen LogP contribution in [0.25, 0.3) is 4.85 Å². The molecule has 1 N–H and O–H groups in total. The highest BCUT2D eigenvalue weighted by Gasteiger charge is 2.43. The lowest BCUT2D eigenvalue weighted by Gasteiger charge is -2.31. The number of nitriles is 1. The van der Waals surface area contributed by atoms with Crippen LogP contribution in [0, 0.1) is 23.7 Å². The van der Waals surface area contributed by atoms with Crippen LogP contribution in [0.5, 0.6) is 0 Å². The molecule has 98 valence electrons. The first-order valence-electron chi connectivity index (χ1n) is 6.51. The maximum absolute atomic E-state index is 13.9. The molecule has 0 unspecified atom stereocenters. The number of benzene rings is 1. The van der Waals surface area contributed by atoms with E-state index >= 15 is 0 Å². The first-order chi connectivity index (χ1) is 9.19. The third-order valence-corrected chi connectivity index (χ3v) is 3.56. The van der Waals surface area contributed by atoms with E-state index < -0.39 is 5.66 Å². The summed E-state index contributed by atoms with van der Waals surface area (Å²) in [6.45, 7) is 7.20. The van der Waals surface area contributed by atoms with Crippen LogP contribution >= 0.6 is 0 Å². The van der Waals surface area contributed by atoms with E-state index in [0.717, 1.165) is 19.3 Å². The molecule has 1 saturated carbocycles. The Hall–Kier alpha value is -2.07. The number of nitrogens with one attached hydrogen (secondary N) is 1. The zero-order valence-electron chi connectivity index (χ0n) is 10.7. The summed E-state index contributed by atoms with van der Waals surface area (Å²) in [6.07, 6.45) is 4.38. The van der Waals surface area contributed by atoms with Crippen LogP contribution in [0.4, 0.5) is 10.1 Å². The van der Waals surface area contributed by atoms with Crippen LogP contribution in [0.1, 0.15) is 37.7 Å². The van der Waals surface area contributed by atoms with E-state index in [4.69, 9.17) is 11.8 Å². The SMILES string of the molecule is [C-]#[N+]C1(Nc2ccc(CCCC#N)c(F)c2)CCC1. The van der Waals surface area contributed by atoms with Crippen molar-refractivity contribution in [3.05, 3.63) is 41.0 Å². The van der Waals surface area contributed by atoms with E-state index in [2.05, 4.69) is 16.2 Å². The molecule has 1 aliphatic carbocycles. The Balaban J connectivity index is 2.03. The summed E-state index contributed by atoms with van der Waals surface area (Å²) in [6, 6.07) is 7.06. The Labute approximate surface area is 112 Å². The number of rotatable bonds is 5. The second-order valence-corrected chi connectivity index (χ2v) is 4.94. The maximum atomic E-state index is 13.9. The summed E-state index contributed by atoms with van der Waals surface area (Å²) >= 11 is 0. The predicted molar refractivity (Wildman–Crippen MR) is 71.8 cm³/mol. The first kappa shape index (κ1) is 13.4. The van der Waals surface area contributed by atoms with E-state index in [1.54, 1.807) is 6.07 Å². The number of anilines is 1. The van der Waals surface area contributed by atoms with Gasteiger partial charge in [0.2, 0.25) is 0 Å². The maximum Gasteiger partial charge on any atom is 0.305 e. The van der Waals surface area contributed by atoms with Crippen molar-refractivity contribution in [2.24, 2.45) is 0 Å². The topological polar surface area (TPSA) is 40.2 Å². The molecule has 0 bridgehead atoms. The van der Waals surface area contributed by atoms with E-state index in [1.807, 2.05) is 6.07 Å². The van der Waals surface area contributed by atoms with Crippen molar-refractivity contribution in [3.8, 4) is 6.07 Å². The summed E-state index contributed by atoms with van der Waals surface area (Å²) in [4.78, 5) is 3.61. The molecule has 0 amide bonds. The fourth-order valence-electron chi connectivity index (χ4n) is 2.23. The van der Waals surface area contributed by atoms with Gasteiger partial charge in [0.05, 0.1) is 6.07 Å². The minimum atomic E-state index is -0.519. The molecule has 3 nitrogen and oxygen atoms in total. The molecular formula is C15H16FN3. The van der Waals surface area contributed by atoms with Crippen LogP contribution in [-0.4, -0.2) is 5.66 Å². The van der Waals surface area contributed by atoms with E-state index in [0.29, 0.717) is 30.5 Å². The smallest absolute Gasteiger partial charge is 0.305 e. The Morgan fingerprint density at radius 1 is 1.47 bits per heavy atom. The average Bonchev–Trinajstić information content (AvgIpc) is 2.36. The van der Waals surface area contributed by atoms with Crippen molar-refractivity contribution < 1.29 is 4.39 Å². The van der Waals surface area contributed by atoms with Crippen LogP contribution in [0.15, 0.2) is 18.2 Å². The summed E-state index contributed by atoms with van der Waals surface area (Å²) in [5.41, 5.74) is 0.776. The van der Waals surface area contributed by atoms with Crippen molar-refractivity contribution >= 4 is 5.69 Å². The fourth-order valence-corrected chi connectivity index (χ4v) is 2.23. The van der Waals surface area contributed by atoms with Gasteiger partial charge in [-0.15, -0.1) is 0 Å². The van der Waals surface area contributed by atoms with Crippen molar-refractivity contribution in [2.45, 2.75) is 44.2 Å². The lowest BCUT2D eigenvalue weighted by molar-refractivity contribution is 0.343. The third-order valence-electron chi connectivity index (χ3n) is 3.56. The summed E-state index contributed by atoms with van der Waals surface area (Å²) < 4.78 is 13.9. The van der Waals surface area contributed by atoms with Crippen molar-refractivity contribution in [2.75, 3.05) is 5.32 Å². The Morgan fingerprint density at radius 2 is 2.26 bits per heavy atom. The molecule has 0 spiro atoms. The minimum Gasteiger partial charge on any atom is -0.314 e. The molecule has 19 heavy (non-hydrogen) atoms. The molecule has 1 fully saturated rings. The number of aryl methyl sites for hydroxylation is 1. The van der Waals surface area contributed by atoms with Gasteiger partial charge in [0.15, 0.2) is 0 Å². The predicted octanol–water partition coefficient (Wildman–Crippen LogP) is 3.88. The second-order valence-electron chi connectivity index (χ2n) is 4.94. The van der Waals surface area contributed by atoms with Gasteiger partial charge in [-0.05, 0) is 37.0 Å². The van der Waals surface area contributed by atoms with Gasteiger partial charge in [-0.1, -0.05) is 6.07 Å². The molecule has 0 radical (unpaired) electrons. The number of hydrogen-bond acceptors (Lipinski definition) is 2. The molecule has 1 aromatic rings. The third kappa shape index (κ3) is 3.03. The largest absolute Gasteiger partial charge is 0.314 e. The van der Waals surface area contributed by atoms with Gasteiger partial charge in [0.25, 0.3) is 0 Å². The van der Waals surface area contributed by atoms with Gasteiger partial charge in [-0.25, -0.2) is 11.0 Å². The zero-order chi connectivity index (χ0) is 13.7. The number of hydrogen-bond donors (Lipinski definition) is 1. The molecule has 0 aliphatic heterocycles. The quantitative estimate of drug-likeness (QED) is 0.642. The van der Waals surface area contributed by atoms with Gasteiger partial charge in [-0.2, -0.15) is 5.26 Å². The lowest BCUT2D eigenvalue weighted by Crippen LogP contribution is -2.41. The van der Waals surface area contributed by atoms with Crippen LogP contribution < -0.4 is 5.32 Å². The average molecular weight is 257 g/mol. The number of unbranched alkanes of at least 4 members (excludes halogenated alkanes) is 1. The second kappa shape index (κ2) is 5.71. The Kier molecular flexibility index (Phi) is 4.02. The van der Waals surface area contributed by atoms with Crippen LogP contribution in [0.3, 0.4) is 0 Å². The molecule has 1 aliphatic rings. The molecule has 1 aromatic carbocycles. The normalized spacial score (nSPS) is 15.9. The molecule has 0 saturated heterocycles. The zero-order valence-corrected chi connectivity index (χ0v) is 10.7. The molecule has 2 rings (SSSR count). The van der Waals surface area contributed by atoms with Gasteiger partial charge in [0.1, 0.15) is 5.82 Å². The highest BCUT2D eigenvalue weighted by molar-refractivity contribution is 5.49. The monoisotopic (exact) mass is 257 g/mol. The molecular weight excluding hydrogens is 241 g/mol. The summed E-state index contributed by atoms with van der Waals surface area (Å²) in [7, 11) is 0. The first-order valence-corrected chi connectivity index (χ1v) is 6.51. The molecule has 0 atom stereocenters. The van der Waals surface area contributed by atoms with E-state index in [1.165, 1.54) is 6.07 Å². The highest BCUT2D eigenvalue weighted by Crippen LogP contribution is 2.36. The molecule has 0 heterocycles. The Bertz CT molecular complexity index is 535. The van der Waals surface area contributed by atoms with Crippen LogP contribution in [-0.2, 0) is 6.42 Å². The van der Waals surface area contributed by atoms with Gasteiger partial charge in [0, 0.05) is 24.9 Å². The van der Waals surface area contributed by atoms with Crippen molar-refractivity contribution in [3.63, 3.8) is 0 Å². The van der Waals surface area contributed by atoms with Gasteiger partial charge in [-0.3, -0.25) is 4.85 Å². The highest BCUT2D eigenvalue weighted by atomic mass is 19.1. The van der Waals surface area contributed by atoms with E-state index in [-0.39, 0.29) is 5.82 Å². The summed E-state index contributed by atoms with van der Waals surface area (Å²) in [5.74, 6) is -0.262.